The van der Waals surface area contributed by atoms with Crippen LogP contribution in [0.5, 0.6) is 0 Å². The maximum Gasteiger partial charge on any atom is 0.337 e. The van der Waals surface area contributed by atoms with Gasteiger partial charge in [0, 0.05) is 28.2 Å². The molecule has 1 aliphatic heterocycles. The lowest BCUT2D eigenvalue weighted by atomic mass is 10.0. The lowest BCUT2D eigenvalue weighted by molar-refractivity contribution is -0.110. The van der Waals surface area contributed by atoms with E-state index in [0.29, 0.717) is 22.5 Å². The van der Waals surface area contributed by atoms with Gasteiger partial charge in [0.15, 0.2) is 0 Å². The van der Waals surface area contributed by atoms with Crippen molar-refractivity contribution in [1.29, 1.82) is 0 Å². The summed E-state index contributed by atoms with van der Waals surface area (Å²) in [5, 5.41) is 16.8. The first-order valence-electron chi connectivity index (χ1n) is 10.1. The Kier molecular flexibility index (Phi) is 4.52. The molecule has 0 bridgehead atoms. The predicted molar refractivity (Wildman–Crippen MR) is 123 cm³/mol. The quantitative estimate of drug-likeness (QED) is 0.414. The standard InChI is InChI=1S/C25H20N4O3/c1-14-21(27-15(2)23(14)25(31)32)13-19-18-12-16(8-9-20(18)28-24(19)30)22-10-11-26-29(22)17-6-4-3-5-7-17/h3-13,27H,1-2H3,(H,28,30)(H,31,32)/b19-13-. The highest BCUT2D eigenvalue weighted by atomic mass is 16.4. The number of carboxylic acid groups (broad SMARTS) is 1. The van der Waals surface area contributed by atoms with Gasteiger partial charge in [-0.05, 0) is 55.8 Å². The summed E-state index contributed by atoms with van der Waals surface area (Å²) in [6.45, 7) is 3.45. The largest absolute Gasteiger partial charge is 0.478 e. The summed E-state index contributed by atoms with van der Waals surface area (Å²) in [6, 6.07) is 17.5. The third kappa shape index (κ3) is 3.11. The third-order valence-electron chi connectivity index (χ3n) is 5.72. The first kappa shape index (κ1) is 19.6. The van der Waals surface area contributed by atoms with Gasteiger partial charge in [0.1, 0.15) is 0 Å². The van der Waals surface area contributed by atoms with E-state index in [-0.39, 0.29) is 11.5 Å². The summed E-state index contributed by atoms with van der Waals surface area (Å²) >= 11 is 0. The van der Waals surface area contributed by atoms with Crippen molar-refractivity contribution >= 4 is 29.2 Å². The van der Waals surface area contributed by atoms with E-state index in [4.69, 9.17) is 0 Å². The SMILES string of the molecule is Cc1[nH]c(/C=C2\C(=O)Nc3ccc(-c4ccnn4-c4ccccc4)cc32)c(C)c1C(=O)O. The Balaban J connectivity index is 1.61. The lowest BCUT2D eigenvalue weighted by Crippen LogP contribution is -2.03. The summed E-state index contributed by atoms with van der Waals surface area (Å²) < 4.78 is 1.85. The van der Waals surface area contributed by atoms with Crippen molar-refractivity contribution in [3.8, 4) is 16.9 Å². The molecule has 3 N–H and O–H groups in total. The highest BCUT2D eigenvalue weighted by molar-refractivity contribution is 6.35. The van der Waals surface area contributed by atoms with Crippen LogP contribution in [-0.2, 0) is 4.79 Å². The van der Waals surface area contributed by atoms with Crippen molar-refractivity contribution in [1.82, 2.24) is 14.8 Å². The number of nitrogens with zero attached hydrogens (tertiary/aromatic N) is 2. The van der Waals surface area contributed by atoms with Crippen LogP contribution >= 0.6 is 0 Å². The second-order valence-corrected chi connectivity index (χ2v) is 7.71. The van der Waals surface area contributed by atoms with Gasteiger partial charge in [0.2, 0.25) is 0 Å². The van der Waals surface area contributed by atoms with E-state index in [1.807, 2.05) is 59.3 Å². The minimum Gasteiger partial charge on any atom is -0.478 e. The van der Waals surface area contributed by atoms with Gasteiger partial charge in [-0.2, -0.15) is 5.10 Å². The first-order valence-corrected chi connectivity index (χ1v) is 10.1. The summed E-state index contributed by atoms with van der Waals surface area (Å²) in [5.41, 5.74) is 6.71. The number of fused-ring (bicyclic) bond motifs is 1. The van der Waals surface area contributed by atoms with Crippen LogP contribution in [0.3, 0.4) is 0 Å². The number of anilines is 1. The number of carboxylic acids is 1. The molecule has 1 aliphatic rings. The highest BCUT2D eigenvalue weighted by Crippen LogP contribution is 2.37. The van der Waals surface area contributed by atoms with Gasteiger partial charge in [-0.25, -0.2) is 9.48 Å². The maximum absolute atomic E-state index is 12.7. The van der Waals surface area contributed by atoms with Gasteiger partial charge in [-0.1, -0.05) is 24.3 Å². The molecule has 0 radical (unpaired) electrons. The van der Waals surface area contributed by atoms with Crippen LogP contribution in [0, 0.1) is 13.8 Å². The molecule has 3 heterocycles. The smallest absolute Gasteiger partial charge is 0.337 e. The van der Waals surface area contributed by atoms with Crippen LogP contribution < -0.4 is 5.32 Å². The normalized spacial score (nSPS) is 13.9. The van der Waals surface area contributed by atoms with Gasteiger partial charge < -0.3 is 15.4 Å². The Morgan fingerprint density at radius 2 is 1.88 bits per heavy atom. The minimum atomic E-state index is -0.992. The number of aromatic carboxylic acids is 1. The zero-order valence-corrected chi connectivity index (χ0v) is 17.5. The Morgan fingerprint density at radius 1 is 1.09 bits per heavy atom. The molecule has 0 saturated heterocycles. The molecule has 7 nitrogen and oxygen atoms in total. The number of hydrogen-bond donors (Lipinski definition) is 3. The van der Waals surface area contributed by atoms with E-state index >= 15 is 0 Å². The summed E-state index contributed by atoms with van der Waals surface area (Å²) in [6.07, 6.45) is 3.46. The Morgan fingerprint density at radius 3 is 2.59 bits per heavy atom. The zero-order chi connectivity index (χ0) is 22.4. The summed E-state index contributed by atoms with van der Waals surface area (Å²) in [5.74, 6) is -1.22. The number of aromatic nitrogens is 3. The molecule has 0 atom stereocenters. The molecule has 0 fully saturated rings. The fourth-order valence-corrected chi connectivity index (χ4v) is 4.17. The van der Waals surface area contributed by atoms with Crippen molar-refractivity contribution < 1.29 is 14.7 Å². The van der Waals surface area contributed by atoms with Crippen LogP contribution in [0.2, 0.25) is 0 Å². The molecule has 0 spiro atoms. The Hall–Kier alpha value is -4.39. The molecule has 1 amide bonds. The van der Waals surface area contributed by atoms with Crippen LogP contribution in [-0.4, -0.2) is 31.7 Å². The molecule has 7 heteroatoms. The topological polar surface area (TPSA) is 100 Å². The number of benzene rings is 2. The fourth-order valence-electron chi connectivity index (χ4n) is 4.17. The fraction of sp³-hybridized carbons (Fsp3) is 0.0800. The molecule has 0 saturated carbocycles. The number of hydrogen-bond acceptors (Lipinski definition) is 3. The van der Waals surface area contributed by atoms with E-state index in [0.717, 1.165) is 28.2 Å². The summed E-state index contributed by atoms with van der Waals surface area (Å²) in [7, 11) is 0. The van der Waals surface area contributed by atoms with Gasteiger partial charge in [-0.3, -0.25) is 4.79 Å². The monoisotopic (exact) mass is 424 g/mol. The van der Waals surface area contributed by atoms with Crippen molar-refractivity contribution in [3.05, 3.63) is 88.9 Å². The predicted octanol–water partition coefficient (Wildman–Crippen LogP) is 4.68. The first-order chi connectivity index (χ1) is 15.4. The lowest BCUT2D eigenvalue weighted by Gasteiger charge is -2.09. The van der Waals surface area contributed by atoms with Gasteiger partial charge >= 0.3 is 5.97 Å². The molecule has 4 aromatic rings. The summed E-state index contributed by atoms with van der Waals surface area (Å²) in [4.78, 5) is 27.4. The average Bonchev–Trinajstić information content (AvgIpc) is 3.45. The molecule has 2 aromatic carbocycles. The van der Waals surface area contributed by atoms with Gasteiger partial charge in [0.05, 0.1) is 28.7 Å². The van der Waals surface area contributed by atoms with E-state index in [2.05, 4.69) is 15.4 Å². The number of aromatic amines is 1. The van der Waals surface area contributed by atoms with E-state index < -0.39 is 5.97 Å². The van der Waals surface area contributed by atoms with Crippen LogP contribution in [0.1, 0.15) is 32.9 Å². The van der Waals surface area contributed by atoms with E-state index in [1.54, 1.807) is 26.1 Å². The molecule has 5 rings (SSSR count). The van der Waals surface area contributed by atoms with E-state index in [9.17, 15) is 14.7 Å². The second-order valence-electron chi connectivity index (χ2n) is 7.71. The number of carbonyl (C=O) groups is 2. The number of para-hydroxylation sites is 1. The second kappa shape index (κ2) is 7.39. The van der Waals surface area contributed by atoms with Crippen molar-refractivity contribution in [3.63, 3.8) is 0 Å². The Bertz CT molecular complexity index is 1410. The molecular weight excluding hydrogens is 404 g/mol. The van der Waals surface area contributed by atoms with Gasteiger partial charge in [0.25, 0.3) is 5.91 Å². The average molecular weight is 424 g/mol. The number of carbonyl (C=O) groups excluding carboxylic acids is 1. The molecular formula is C25H20N4O3. The van der Waals surface area contributed by atoms with Gasteiger partial charge in [-0.15, -0.1) is 0 Å². The number of rotatable bonds is 4. The molecule has 0 aliphatic carbocycles. The Labute approximate surface area is 184 Å². The molecule has 32 heavy (non-hydrogen) atoms. The third-order valence-corrected chi connectivity index (χ3v) is 5.72. The molecule has 158 valence electrons. The number of H-pyrrole nitrogens is 1. The van der Waals surface area contributed by atoms with Crippen molar-refractivity contribution in [2.45, 2.75) is 13.8 Å². The zero-order valence-electron chi connectivity index (χ0n) is 17.5. The molecule has 0 unspecified atom stereocenters. The van der Waals surface area contributed by atoms with Crippen molar-refractivity contribution in [2.75, 3.05) is 5.32 Å². The van der Waals surface area contributed by atoms with Crippen molar-refractivity contribution in [2.24, 2.45) is 0 Å². The molecule has 2 aromatic heterocycles. The number of nitrogens with one attached hydrogen (secondary N) is 2. The number of amides is 1. The maximum atomic E-state index is 12.7. The van der Waals surface area contributed by atoms with E-state index in [1.165, 1.54) is 0 Å². The number of aryl methyl sites for hydroxylation is 1. The minimum absolute atomic E-state index is 0.225. The van der Waals surface area contributed by atoms with Crippen LogP contribution in [0.25, 0.3) is 28.6 Å². The van der Waals surface area contributed by atoms with Crippen LogP contribution in [0.4, 0.5) is 5.69 Å². The highest BCUT2D eigenvalue weighted by Gasteiger charge is 2.26. The van der Waals surface area contributed by atoms with Crippen LogP contribution in [0.15, 0.2) is 60.8 Å².